The third-order valence-electron chi connectivity index (χ3n) is 4.69. The lowest BCUT2D eigenvalue weighted by molar-refractivity contribution is 0.102. The number of alkyl halides is 1. The highest BCUT2D eigenvalue weighted by Crippen LogP contribution is 2.26. The number of nitrogens with zero attached hydrogens (tertiary/aromatic N) is 1. The maximum absolute atomic E-state index is 13.4. The average molecular weight is 428 g/mol. The zero-order valence-electron chi connectivity index (χ0n) is 15.2. The van der Waals surface area contributed by atoms with E-state index >= 15 is 0 Å². The third-order valence-corrected chi connectivity index (χ3v) is 6.67. The van der Waals surface area contributed by atoms with Gasteiger partial charge >= 0.3 is 0 Å². The molecular formula is C19H19F3N2O4S. The fourth-order valence-corrected chi connectivity index (χ4v) is 4.74. The molecular weight excluding hydrogens is 409 g/mol. The Bertz CT molecular complexity index is 1020. The Morgan fingerprint density at radius 3 is 2.41 bits per heavy atom. The van der Waals surface area contributed by atoms with E-state index in [1.807, 2.05) is 0 Å². The Hall–Kier alpha value is -2.43. The number of carbonyl (C=O) groups excluding carboxylic acids is 1. The van der Waals surface area contributed by atoms with E-state index in [9.17, 15) is 31.5 Å². The van der Waals surface area contributed by atoms with Crippen molar-refractivity contribution in [3.63, 3.8) is 0 Å². The Kier molecular flexibility index (Phi) is 6.25. The van der Waals surface area contributed by atoms with Crippen LogP contribution in [0.15, 0.2) is 41.3 Å². The molecule has 156 valence electrons. The first-order valence-electron chi connectivity index (χ1n) is 8.86. The van der Waals surface area contributed by atoms with Crippen LogP contribution < -0.4 is 5.32 Å². The number of aliphatic hydroxyl groups is 1. The summed E-state index contributed by atoms with van der Waals surface area (Å²) < 4.78 is 66.8. The number of piperidine rings is 1. The minimum absolute atomic E-state index is 0.0158. The van der Waals surface area contributed by atoms with Gasteiger partial charge in [-0.2, -0.15) is 4.31 Å². The standard InChI is InChI=1S/C19H19F3N2O4S/c20-11-13-2-1-12(19(26)23-14-3-4-16(21)17(22)10-14)9-18(13)29(27,28)24-7-5-15(25)6-8-24/h1-4,9-10,15,25H,5-8,11H2,(H,23,26). The lowest BCUT2D eigenvalue weighted by atomic mass is 10.1. The van der Waals surface area contributed by atoms with Gasteiger partial charge in [0.1, 0.15) is 6.67 Å². The highest BCUT2D eigenvalue weighted by Gasteiger charge is 2.31. The van der Waals surface area contributed by atoms with Gasteiger partial charge in [0.2, 0.25) is 10.0 Å². The molecule has 1 aliphatic rings. The molecule has 1 fully saturated rings. The molecule has 0 aromatic heterocycles. The summed E-state index contributed by atoms with van der Waals surface area (Å²) in [6.07, 6.45) is -0.0589. The molecule has 0 unspecified atom stereocenters. The molecule has 29 heavy (non-hydrogen) atoms. The van der Waals surface area contributed by atoms with E-state index in [0.29, 0.717) is 0 Å². The monoisotopic (exact) mass is 428 g/mol. The minimum atomic E-state index is -4.08. The Morgan fingerprint density at radius 2 is 1.79 bits per heavy atom. The first-order valence-corrected chi connectivity index (χ1v) is 10.3. The highest BCUT2D eigenvalue weighted by atomic mass is 32.2. The molecule has 1 amide bonds. The summed E-state index contributed by atoms with van der Waals surface area (Å²) in [6.45, 7) is -0.878. The van der Waals surface area contributed by atoms with E-state index in [-0.39, 0.29) is 47.6 Å². The van der Waals surface area contributed by atoms with Crippen molar-refractivity contribution in [1.29, 1.82) is 0 Å². The van der Waals surface area contributed by atoms with Gasteiger partial charge < -0.3 is 10.4 Å². The number of anilines is 1. The van der Waals surface area contributed by atoms with Gasteiger partial charge in [-0.15, -0.1) is 0 Å². The normalized spacial score (nSPS) is 16.0. The van der Waals surface area contributed by atoms with Gasteiger partial charge in [-0.3, -0.25) is 4.79 Å². The van der Waals surface area contributed by atoms with Crippen LogP contribution in [0.3, 0.4) is 0 Å². The molecule has 0 spiro atoms. The minimum Gasteiger partial charge on any atom is -0.393 e. The van der Waals surface area contributed by atoms with Gasteiger partial charge in [0.05, 0.1) is 11.0 Å². The third kappa shape index (κ3) is 4.60. The van der Waals surface area contributed by atoms with Gasteiger partial charge in [-0.05, 0) is 37.1 Å². The van der Waals surface area contributed by atoms with E-state index in [0.717, 1.165) is 28.6 Å². The molecule has 6 nitrogen and oxygen atoms in total. The number of carbonyl (C=O) groups is 1. The molecule has 0 saturated carbocycles. The zero-order valence-corrected chi connectivity index (χ0v) is 16.1. The first kappa shape index (κ1) is 21.3. The van der Waals surface area contributed by atoms with Gasteiger partial charge in [0, 0.05) is 36.0 Å². The lowest BCUT2D eigenvalue weighted by Gasteiger charge is -2.29. The van der Waals surface area contributed by atoms with Crippen LogP contribution in [0.4, 0.5) is 18.9 Å². The number of amides is 1. The summed E-state index contributed by atoms with van der Waals surface area (Å²) in [6, 6.07) is 6.31. The van der Waals surface area contributed by atoms with Crippen molar-refractivity contribution < 1.29 is 31.5 Å². The zero-order chi connectivity index (χ0) is 21.2. The van der Waals surface area contributed by atoms with Crippen LogP contribution in [-0.4, -0.2) is 42.9 Å². The molecule has 2 N–H and O–H groups in total. The molecule has 0 atom stereocenters. The van der Waals surface area contributed by atoms with E-state index < -0.39 is 40.3 Å². The van der Waals surface area contributed by atoms with Gasteiger partial charge in [-0.1, -0.05) is 6.07 Å². The Morgan fingerprint density at radius 1 is 1.10 bits per heavy atom. The van der Waals surface area contributed by atoms with Crippen molar-refractivity contribution in [3.8, 4) is 0 Å². The number of hydrogen-bond acceptors (Lipinski definition) is 4. The summed E-state index contributed by atoms with van der Waals surface area (Å²) in [5, 5.41) is 11.9. The molecule has 2 aromatic carbocycles. The first-order chi connectivity index (χ1) is 13.7. The van der Waals surface area contributed by atoms with E-state index in [1.54, 1.807) is 0 Å². The molecule has 0 radical (unpaired) electrons. The maximum Gasteiger partial charge on any atom is 0.255 e. The van der Waals surface area contributed by atoms with Crippen molar-refractivity contribution in [2.24, 2.45) is 0 Å². The fraction of sp³-hybridized carbons (Fsp3) is 0.316. The topological polar surface area (TPSA) is 86.7 Å². The van der Waals surface area contributed by atoms with Crippen molar-refractivity contribution in [1.82, 2.24) is 4.31 Å². The summed E-state index contributed by atoms with van der Waals surface area (Å²) >= 11 is 0. The number of nitrogens with one attached hydrogen (secondary N) is 1. The largest absolute Gasteiger partial charge is 0.393 e. The van der Waals surface area contributed by atoms with Crippen LogP contribution in [0.5, 0.6) is 0 Å². The number of hydrogen-bond donors (Lipinski definition) is 2. The van der Waals surface area contributed by atoms with Crippen molar-refractivity contribution in [3.05, 3.63) is 59.2 Å². The maximum atomic E-state index is 13.4. The van der Waals surface area contributed by atoms with Gasteiger partial charge in [0.25, 0.3) is 5.91 Å². The van der Waals surface area contributed by atoms with Crippen molar-refractivity contribution >= 4 is 21.6 Å². The van der Waals surface area contributed by atoms with Crippen molar-refractivity contribution in [2.45, 2.75) is 30.5 Å². The second kappa shape index (κ2) is 8.52. The van der Waals surface area contributed by atoms with E-state index in [4.69, 9.17) is 0 Å². The average Bonchev–Trinajstić information content (AvgIpc) is 2.70. The van der Waals surface area contributed by atoms with E-state index in [2.05, 4.69) is 5.32 Å². The van der Waals surface area contributed by atoms with Crippen LogP contribution in [-0.2, 0) is 16.7 Å². The van der Waals surface area contributed by atoms with E-state index in [1.165, 1.54) is 12.1 Å². The quantitative estimate of drug-likeness (QED) is 0.767. The molecule has 1 aliphatic heterocycles. The molecule has 2 aromatic rings. The van der Waals surface area contributed by atoms with Crippen LogP contribution in [0, 0.1) is 11.6 Å². The molecule has 0 bridgehead atoms. The van der Waals surface area contributed by atoms with Crippen LogP contribution in [0.1, 0.15) is 28.8 Å². The second-order valence-electron chi connectivity index (χ2n) is 6.67. The number of aliphatic hydroxyl groups excluding tert-OH is 1. The Labute approximate surface area is 166 Å². The molecule has 1 saturated heterocycles. The molecule has 3 rings (SSSR count). The second-order valence-corrected chi connectivity index (χ2v) is 8.58. The molecule has 1 heterocycles. The number of sulfonamides is 1. The number of rotatable bonds is 5. The van der Waals surface area contributed by atoms with Crippen LogP contribution >= 0.6 is 0 Å². The predicted molar refractivity (Wildman–Crippen MR) is 99.6 cm³/mol. The molecule has 10 heteroatoms. The summed E-state index contributed by atoms with van der Waals surface area (Å²) in [7, 11) is -4.08. The Balaban J connectivity index is 1.90. The molecule has 0 aliphatic carbocycles. The predicted octanol–water partition coefficient (Wildman–Crippen LogP) is 2.83. The fourth-order valence-electron chi connectivity index (χ4n) is 3.05. The van der Waals surface area contributed by atoms with Crippen LogP contribution in [0.2, 0.25) is 0 Å². The van der Waals surface area contributed by atoms with Crippen LogP contribution in [0.25, 0.3) is 0 Å². The lowest BCUT2D eigenvalue weighted by Crippen LogP contribution is -2.40. The highest BCUT2D eigenvalue weighted by molar-refractivity contribution is 7.89. The number of benzene rings is 2. The smallest absolute Gasteiger partial charge is 0.255 e. The van der Waals surface area contributed by atoms with Gasteiger partial charge in [-0.25, -0.2) is 21.6 Å². The number of halogens is 3. The van der Waals surface area contributed by atoms with Crippen molar-refractivity contribution in [2.75, 3.05) is 18.4 Å². The SMILES string of the molecule is O=C(Nc1ccc(F)c(F)c1)c1ccc(CF)c(S(=O)(=O)N2CCC(O)CC2)c1. The summed E-state index contributed by atoms with van der Waals surface area (Å²) in [4.78, 5) is 12.1. The van der Waals surface area contributed by atoms with Gasteiger partial charge in [0.15, 0.2) is 11.6 Å². The summed E-state index contributed by atoms with van der Waals surface area (Å²) in [5.74, 6) is -2.98. The summed E-state index contributed by atoms with van der Waals surface area (Å²) in [5.41, 5.74) is -0.194.